The van der Waals surface area contributed by atoms with Crippen molar-refractivity contribution in [3.8, 4) is 5.75 Å². The van der Waals surface area contributed by atoms with Gasteiger partial charge in [0.25, 0.3) is 5.91 Å². The summed E-state index contributed by atoms with van der Waals surface area (Å²) >= 11 is 5.96. The average molecular weight is 417 g/mol. The molecule has 0 aromatic heterocycles. The van der Waals surface area contributed by atoms with Crippen LogP contribution in [0.5, 0.6) is 5.75 Å². The van der Waals surface area contributed by atoms with Gasteiger partial charge in [-0.3, -0.25) is 9.59 Å². The first kappa shape index (κ1) is 22.8. The maximum atomic E-state index is 12.9. The molecule has 2 aromatic carbocycles. The van der Waals surface area contributed by atoms with E-state index in [-0.39, 0.29) is 18.4 Å². The van der Waals surface area contributed by atoms with Crippen LogP contribution in [0.4, 0.5) is 0 Å². The number of carbonyl (C=O) groups is 2. The van der Waals surface area contributed by atoms with Crippen molar-refractivity contribution >= 4 is 23.4 Å². The normalized spacial score (nSPS) is 11.6. The van der Waals surface area contributed by atoms with Gasteiger partial charge in [-0.2, -0.15) is 0 Å². The lowest BCUT2D eigenvalue weighted by molar-refractivity contribution is -0.141. The molecule has 0 saturated carbocycles. The van der Waals surface area contributed by atoms with Gasteiger partial charge >= 0.3 is 0 Å². The van der Waals surface area contributed by atoms with E-state index >= 15 is 0 Å². The summed E-state index contributed by atoms with van der Waals surface area (Å²) in [5, 5.41) is 3.45. The second-order valence-corrected chi connectivity index (χ2v) is 7.33. The van der Waals surface area contributed by atoms with Crippen molar-refractivity contribution in [3.05, 3.63) is 65.2 Å². The van der Waals surface area contributed by atoms with Crippen LogP contribution in [0.3, 0.4) is 0 Å². The molecule has 2 amide bonds. The van der Waals surface area contributed by atoms with E-state index in [1.807, 2.05) is 30.3 Å². The molecule has 5 nitrogen and oxygen atoms in total. The van der Waals surface area contributed by atoms with Gasteiger partial charge in [-0.1, -0.05) is 61.3 Å². The molecule has 0 aliphatic rings. The van der Waals surface area contributed by atoms with Gasteiger partial charge in [-0.05, 0) is 43.5 Å². The fourth-order valence-corrected chi connectivity index (χ4v) is 3.07. The maximum Gasteiger partial charge on any atom is 0.261 e. The molecule has 1 atom stereocenters. The van der Waals surface area contributed by atoms with E-state index in [4.69, 9.17) is 16.3 Å². The number of hydrogen-bond acceptors (Lipinski definition) is 3. The van der Waals surface area contributed by atoms with E-state index in [2.05, 4.69) is 12.2 Å². The molecular weight excluding hydrogens is 388 g/mol. The van der Waals surface area contributed by atoms with Crippen LogP contribution in [0.25, 0.3) is 0 Å². The first-order valence-corrected chi connectivity index (χ1v) is 10.4. The van der Waals surface area contributed by atoms with E-state index in [0.29, 0.717) is 30.3 Å². The van der Waals surface area contributed by atoms with Gasteiger partial charge in [-0.25, -0.2) is 0 Å². The van der Waals surface area contributed by atoms with Crippen molar-refractivity contribution in [1.82, 2.24) is 10.2 Å². The highest BCUT2D eigenvalue weighted by molar-refractivity contribution is 6.30. The number of ether oxygens (including phenoxy) is 1. The van der Waals surface area contributed by atoms with Crippen molar-refractivity contribution in [2.45, 2.75) is 39.2 Å². The third kappa shape index (κ3) is 7.78. The smallest absolute Gasteiger partial charge is 0.261 e. The van der Waals surface area contributed by atoms with Crippen LogP contribution in [0.15, 0.2) is 54.6 Å². The summed E-state index contributed by atoms with van der Waals surface area (Å²) in [7, 11) is 0. The lowest BCUT2D eigenvalue weighted by Crippen LogP contribution is -2.50. The van der Waals surface area contributed by atoms with Gasteiger partial charge in [0.15, 0.2) is 6.61 Å². The number of hydrogen-bond donors (Lipinski definition) is 1. The van der Waals surface area contributed by atoms with Crippen LogP contribution < -0.4 is 10.1 Å². The molecule has 0 aliphatic carbocycles. The molecule has 156 valence electrons. The minimum Gasteiger partial charge on any atom is -0.484 e. The highest BCUT2D eigenvalue weighted by atomic mass is 35.5. The summed E-state index contributed by atoms with van der Waals surface area (Å²) in [6.45, 7) is 4.72. The van der Waals surface area contributed by atoms with Gasteiger partial charge in [-0.15, -0.1) is 0 Å². The lowest BCUT2D eigenvalue weighted by atomic mass is 10.1. The average Bonchev–Trinajstić information content (AvgIpc) is 2.73. The zero-order valence-electron chi connectivity index (χ0n) is 17.1. The first-order chi connectivity index (χ1) is 14.0. The Morgan fingerprint density at radius 1 is 1.14 bits per heavy atom. The van der Waals surface area contributed by atoms with Crippen LogP contribution in [0.2, 0.25) is 5.02 Å². The van der Waals surface area contributed by atoms with Gasteiger partial charge in [0, 0.05) is 18.1 Å². The molecule has 1 unspecified atom stereocenters. The molecule has 0 heterocycles. The van der Waals surface area contributed by atoms with E-state index in [9.17, 15) is 9.59 Å². The highest BCUT2D eigenvalue weighted by Crippen LogP contribution is 2.17. The SMILES string of the molecule is CCCCNC(=O)C(C)N(CCc1ccccc1)C(=O)COc1cccc(Cl)c1. The van der Waals surface area contributed by atoms with Crippen LogP contribution in [0, 0.1) is 0 Å². The van der Waals surface area contributed by atoms with Crippen molar-refractivity contribution in [2.75, 3.05) is 19.7 Å². The second-order valence-electron chi connectivity index (χ2n) is 6.89. The van der Waals surface area contributed by atoms with Crippen LogP contribution in [-0.4, -0.2) is 42.5 Å². The third-order valence-corrected chi connectivity index (χ3v) is 4.87. The molecule has 0 fully saturated rings. The number of nitrogens with zero attached hydrogens (tertiary/aromatic N) is 1. The topological polar surface area (TPSA) is 58.6 Å². The number of halogens is 1. The second kappa shape index (κ2) is 12.1. The number of benzene rings is 2. The zero-order chi connectivity index (χ0) is 21.1. The molecule has 2 aromatic rings. The Kier molecular flexibility index (Phi) is 9.51. The molecule has 2 rings (SSSR count). The molecule has 6 heteroatoms. The molecule has 0 radical (unpaired) electrons. The van der Waals surface area contributed by atoms with Gasteiger partial charge in [0.05, 0.1) is 0 Å². The minimum absolute atomic E-state index is 0.150. The van der Waals surface area contributed by atoms with Crippen LogP contribution in [-0.2, 0) is 16.0 Å². The molecule has 0 saturated heterocycles. The predicted octanol–water partition coefficient (Wildman–Crippen LogP) is 4.09. The summed E-state index contributed by atoms with van der Waals surface area (Å²) < 4.78 is 5.60. The maximum absolute atomic E-state index is 12.9. The van der Waals surface area contributed by atoms with Gasteiger partial charge < -0.3 is 15.0 Å². The minimum atomic E-state index is -0.578. The number of carbonyl (C=O) groups excluding carboxylic acids is 2. The molecular formula is C23H29ClN2O3. The van der Waals surface area contributed by atoms with Crippen molar-refractivity contribution in [2.24, 2.45) is 0 Å². The standard InChI is InChI=1S/C23H29ClN2O3/c1-3-4-14-25-23(28)18(2)26(15-13-19-9-6-5-7-10-19)22(27)17-29-21-12-8-11-20(24)16-21/h5-12,16,18H,3-4,13-15,17H2,1-2H3,(H,25,28). The van der Waals surface area contributed by atoms with E-state index in [1.54, 1.807) is 36.1 Å². The fourth-order valence-electron chi connectivity index (χ4n) is 2.89. The summed E-state index contributed by atoms with van der Waals surface area (Å²) in [4.78, 5) is 27.0. The molecule has 0 aliphatic heterocycles. The molecule has 1 N–H and O–H groups in total. The van der Waals surface area contributed by atoms with E-state index < -0.39 is 6.04 Å². The lowest BCUT2D eigenvalue weighted by Gasteiger charge is -2.28. The highest BCUT2D eigenvalue weighted by Gasteiger charge is 2.25. The van der Waals surface area contributed by atoms with Crippen molar-refractivity contribution in [1.29, 1.82) is 0 Å². The Balaban J connectivity index is 2.03. The monoisotopic (exact) mass is 416 g/mol. The van der Waals surface area contributed by atoms with E-state index in [1.165, 1.54) is 0 Å². The largest absolute Gasteiger partial charge is 0.484 e. The number of unbranched alkanes of at least 4 members (excludes halogenated alkanes) is 1. The summed E-state index contributed by atoms with van der Waals surface area (Å²) in [5.74, 6) is 0.135. The van der Waals surface area contributed by atoms with Crippen molar-refractivity contribution < 1.29 is 14.3 Å². The Bertz CT molecular complexity index is 783. The van der Waals surface area contributed by atoms with Gasteiger partial charge in [0.1, 0.15) is 11.8 Å². The van der Waals surface area contributed by atoms with E-state index in [0.717, 1.165) is 18.4 Å². The zero-order valence-corrected chi connectivity index (χ0v) is 17.8. The summed E-state index contributed by atoms with van der Waals surface area (Å²) in [6, 6.07) is 16.2. The number of nitrogens with one attached hydrogen (secondary N) is 1. The Hall–Kier alpha value is -2.53. The molecule has 0 bridgehead atoms. The quantitative estimate of drug-likeness (QED) is 0.561. The first-order valence-electron chi connectivity index (χ1n) is 10.0. The van der Waals surface area contributed by atoms with Crippen LogP contribution >= 0.6 is 11.6 Å². The Morgan fingerprint density at radius 3 is 2.59 bits per heavy atom. The number of rotatable bonds is 11. The Labute approximate surface area is 178 Å². The number of amides is 2. The summed E-state index contributed by atoms with van der Waals surface area (Å²) in [5.41, 5.74) is 1.11. The third-order valence-electron chi connectivity index (χ3n) is 4.64. The fraction of sp³-hybridized carbons (Fsp3) is 0.391. The van der Waals surface area contributed by atoms with Gasteiger partial charge in [0.2, 0.25) is 5.91 Å². The molecule has 29 heavy (non-hydrogen) atoms. The molecule has 0 spiro atoms. The summed E-state index contributed by atoms with van der Waals surface area (Å²) in [6.07, 6.45) is 2.57. The Morgan fingerprint density at radius 2 is 1.90 bits per heavy atom. The van der Waals surface area contributed by atoms with Crippen LogP contribution in [0.1, 0.15) is 32.3 Å². The van der Waals surface area contributed by atoms with Crippen molar-refractivity contribution in [3.63, 3.8) is 0 Å². The predicted molar refractivity (Wildman–Crippen MR) is 116 cm³/mol.